The van der Waals surface area contributed by atoms with Gasteiger partial charge < -0.3 is 9.84 Å². The molecule has 1 aromatic heterocycles. The van der Waals surface area contributed by atoms with Crippen LogP contribution in [0.2, 0.25) is 0 Å². The van der Waals surface area contributed by atoms with Crippen molar-refractivity contribution in [1.82, 2.24) is 15.0 Å². The van der Waals surface area contributed by atoms with Gasteiger partial charge in [0.15, 0.2) is 11.6 Å². The van der Waals surface area contributed by atoms with Crippen molar-refractivity contribution in [3.05, 3.63) is 71.8 Å². The van der Waals surface area contributed by atoms with Crippen molar-refractivity contribution in [3.63, 3.8) is 0 Å². The molecule has 5 rings (SSSR count). The van der Waals surface area contributed by atoms with Crippen LogP contribution < -0.4 is 4.74 Å². The van der Waals surface area contributed by atoms with E-state index in [1.54, 1.807) is 18.2 Å². The molecule has 1 aliphatic carbocycles. The maximum absolute atomic E-state index is 10.3. The highest BCUT2D eigenvalue weighted by molar-refractivity contribution is 6.00. The molecule has 3 aromatic carbocycles. The summed E-state index contributed by atoms with van der Waals surface area (Å²) in [5.74, 6) is 1.03. The summed E-state index contributed by atoms with van der Waals surface area (Å²) >= 11 is 0. The predicted molar refractivity (Wildman–Crippen MR) is 114 cm³/mol. The number of benzene rings is 3. The molecule has 0 atom stereocenters. The zero-order chi connectivity index (χ0) is 19.8. The van der Waals surface area contributed by atoms with Crippen LogP contribution in [0.25, 0.3) is 39.6 Å². The van der Waals surface area contributed by atoms with E-state index < -0.39 is 0 Å². The van der Waals surface area contributed by atoms with E-state index in [-0.39, 0.29) is 11.8 Å². The molecule has 4 aromatic rings. The van der Waals surface area contributed by atoms with Crippen LogP contribution in [0.5, 0.6) is 11.8 Å². The van der Waals surface area contributed by atoms with Crippen LogP contribution in [-0.2, 0) is 6.42 Å². The number of para-hydroxylation sites is 1. The van der Waals surface area contributed by atoms with Gasteiger partial charge in [-0.15, -0.1) is 0 Å². The molecule has 1 aliphatic rings. The second-order valence-electron chi connectivity index (χ2n) is 6.97. The highest BCUT2D eigenvalue weighted by atomic mass is 16.5. The Morgan fingerprint density at radius 1 is 0.931 bits per heavy atom. The van der Waals surface area contributed by atoms with Gasteiger partial charge in [0.25, 0.3) is 0 Å². The van der Waals surface area contributed by atoms with Gasteiger partial charge >= 0.3 is 6.01 Å². The molecule has 0 spiro atoms. The second kappa shape index (κ2) is 7.02. The molecule has 0 saturated heterocycles. The van der Waals surface area contributed by atoms with Crippen LogP contribution >= 0.6 is 0 Å². The van der Waals surface area contributed by atoms with Crippen molar-refractivity contribution >= 4 is 16.8 Å². The summed E-state index contributed by atoms with van der Waals surface area (Å²) in [6.45, 7) is 0. The minimum absolute atomic E-state index is 0.117. The summed E-state index contributed by atoms with van der Waals surface area (Å²) in [5.41, 5.74) is 3.92. The summed E-state index contributed by atoms with van der Waals surface area (Å²) in [6.07, 6.45) is 6.34. The van der Waals surface area contributed by atoms with Crippen molar-refractivity contribution in [2.75, 3.05) is 7.11 Å². The van der Waals surface area contributed by atoms with E-state index in [9.17, 15) is 5.11 Å². The molecule has 5 heteroatoms. The van der Waals surface area contributed by atoms with Crippen LogP contribution in [0, 0.1) is 0 Å². The number of rotatable bonds is 3. The third-order valence-corrected chi connectivity index (χ3v) is 5.21. The molecule has 0 bridgehead atoms. The van der Waals surface area contributed by atoms with Crippen molar-refractivity contribution in [3.8, 4) is 34.5 Å². The van der Waals surface area contributed by atoms with E-state index in [1.165, 1.54) is 12.7 Å². The molecular weight excluding hydrogens is 362 g/mol. The number of hydrogen-bond donors (Lipinski definition) is 1. The second-order valence-corrected chi connectivity index (χ2v) is 6.97. The molecule has 0 saturated carbocycles. The standard InChI is InChI=1S/C24H19N3O2/c1-29-24-26-22(19-12-6-7-13-20(19)28)25-23(27-24)21-17-10-4-2-8-15(17)14-16-9-3-5-11-18(16)21/h2,4-8,10-14,28H,3,9H2,1H3. The van der Waals surface area contributed by atoms with Gasteiger partial charge in [-0.25, -0.2) is 4.98 Å². The molecule has 0 radical (unpaired) electrons. The summed E-state index contributed by atoms with van der Waals surface area (Å²) in [6, 6.07) is 17.7. The Morgan fingerprint density at radius 3 is 2.59 bits per heavy atom. The highest BCUT2D eigenvalue weighted by Crippen LogP contribution is 2.37. The van der Waals surface area contributed by atoms with E-state index in [2.05, 4.69) is 40.3 Å². The van der Waals surface area contributed by atoms with Gasteiger partial charge in [0.2, 0.25) is 0 Å². The zero-order valence-corrected chi connectivity index (χ0v) is 16.0. The number of aromatic nitrogens is 3. The Labute approximate surface area is 168 Å². The van der Waals surface area contributed by atoms with E-state index in [0.29, 0.717) is 17.2 Å². The quantitative estimate of drug-likeness (QED) is 0.539. The fourth-order valence-corrected chi connectivity index (χ4v) is 3.84. The van der Waals surface area contributed by atoms with Crippen molar-refractivity contribution in [2.24, 2.45) is 0 Å². The van der Waals surface area contributed by atoms with Gasteiger partial charge in [-0.05, 0) is 46.9 Å². The molecule has 0 amide bonds. The maximum atomic E-state index is 10.3. The molecule has 1 N–H and O–H groups in total. The lowest BCUT2D eigenvalue weighted by Crippen LogP contribution is -2.04. The van der Waals surface area contributed by atoms with Crippen LogP contribution in [-0.4, -0.2) is 27.2 Å². The number of ether oxygens (including phenoxy) is 1. The number of fused-ring (bicyclic) bond motifs is 2. The van der Waals surface area contributed by atoms with E-state index in [0.717, 1.165) is 34.7 Å². The minimum Gasteiger partial charge on any atom is -0.507 e. The van der Waals surface area contributed by atoms with Gasteiger partial charge in [-0.1, -0.05) is 54.6 Å². The molecule has 142 valence electrons. The van der Waals surface area contributed by atoms with E-state index >= 15 is 0 Å². The van der Waals surface area contributed by atoms with Crippen molar-refractivity contribution in [2.45, 2.75) is 12.8 Å². The molecule has 0 aliphatic heterocycles. The van der Waals surface area contributed by atoms with Gasteiger partial charge in [0, 0.05) is 5.56 Å². The Bertz CT molecular complexity index is 1260. The van der Waals surface area contributed by atoms with Gasteiger partial charge in [-0.2, -0.15) is 9.97 Å². The predicted octanol–water partition coefficient (Wildman–Crippen LogP) is 5.03. The number of allylic oxidation sites excluding steroid dienone is 1. The average molecular weight is 381 g/mol. The third-order valence-electron chi connectivity index (χ3n) is 5.21. The Morgan fingerprint density at radius 2 is 1.72 bits per heavy atom. The lowest BCUT2D eigenvalue weighted by Gasteiger charge is -2.18. The number of methoxy groups -OCH3 is 1. The largest absolute Gasteiger partial charge is 0.507 e. The number of phenols is 1. The first-order chi connectivity index (χ1) is 14.2. The topological polar surface area (TPSA) is 68.1 Å². The minimum atomic E-state index is 0.117. The van der Waals surface area contributed by atoms with Gasteiger partial charge in [-0.3, -0.25) is 0 Å². The van der Waals surface area contributed by atoms with Crippen LogP contribution in [0.15, 0.2) is 60.7 Å². The van der Waals surface area contributed by atoms with Gasteiger partial charge in [0.1, 0.15) is 5.75 Å². The monoisotopic (exact) mass is 381 g/mol. The average Bonchev–Trinajstić information content (AvgIpc) is 2.77. The molecular formula is C24H19N3O2. The summed E-state index contributed by atoms with van der Waals surface area (Å²) in [4.78, 5) is 13.7. The highest BCUT2D eigenvalue weighted by Gasteiger charge is 2.20. The van der Waals surface area contributed by atoms with Crippen molar-refractivity contribution < 1.29 is 9.84 Å². The SMILES string of the molecule is COc1nc(-c2ccccc2O)nc(-c2c3c(cc4ccccc24)CCC=C3)n1. The summed E-state index contributed by atoms with van der Waals surface area (Å²) in [7, 11) is 1.53. The molecule has 0 fully saturated rings. The molecule has 5 nitrogen and oxygen atoms in total. The number of nitrogens with zero attached hydrogens (tertiary/aromatic N) is 3. The third kappa shape index (κ3) is 3.01. The zero-order valence-electron chi connectivity index (χ0n) is 16.0. The maximum Gasteiger partial charge on any atom is 0.320 e. The Kier molecular flexibility index (Phi) is 4.21. The van der Waals surface area contributed by atoms with E-state index in [4.69, 9.17) is 9.72 Å². The Balaban J connectivity index is 1.83. The normalized spacial score (nSPS) is 12.7. The Hall–Kier alpha value is -3.73. The number of aryl methyl sites for hydroxylation is 1. The van der Waals surface area contributed by atoms with Crippen molar-refractivity contribution in [1.29, 1.82) is 0 Å². The number of aromatic hydroxyl groups is 1. The number of hydrogen-bond acceptors (Lipinski definition) is 5. The fraction of sp³-hybridized carbons (Fsp3) is 0.125. The first-order valence-electron chi connectivity index (χ1n) is 9.54. The lowest BCUT2D eigenvalue weighted by atomic mass is 9.88. The molecule has 1 heterocycles. The molecule has 29 heavy (non-hydrogen) atoms. The van der Waals surface area contributed by atoms with E-state index in [1.807, 2.05) is 18.2 Å². The molecule has 0 unspecified atom stereocenters. The summed E-state index contributed by atoms with van der Waals surface area (Å²) < 4.78 is 5.37. The van der Waals surface area contributed by atoms with Crippen LogP contribution in [0.3, 0.4) is 0 Å². The van der Waals surface area contributed by atoms with Crippen LogP contribution in [0.1, 0.15) is 17.5 Å². The fourth-order valence-electron chi connectivity index (χ4n) is 3.84. The smallest absolute Gasteiger partial charge is 0.320 e. The van der Waals surface area contributed by atoms with Crippen LogP contribution in [0.4, 0.5) is 0 Å². The number of phenolic OH excluding ortho intramolecular Hbond substituents is 1. The van der Waals surface area contributed by atoms with Gasteiger partial charge in [0.05, 0.1) is 12.7 Å². The lowest BCUT2D eigenvalue weighted by molar-refractivity contribution is 0.379. The first kappa shape index (κ1) is 17.4. The first-order valence-corrected chi connectivity index (χ1v) is 9.54. The summed E-state index contributed by atoms with van der Waals surface area (Å²) in [5, 5.41) is 12.5.